The number of thiophene rings is 1. The van der Waals surface area contributed by atoms with Gasteiger partial charge in [-0.2, -0.15) is 0 Å². The van der Waals surface area contributed by atoms with Crippen LogP contribution in [0.1, 0.15) is 50.6 Å². The number of carbonyl (C=O) groups is 2. The summed E-state index contributed by atoms with van der Waals surface area (Å²) in [5.41, 5.74) is -0.133. The van der Waals surface area contributed by atoms with Crippen LogP contribution in [-0.2, 0) is 26.2 Å². The predicted octanol–water partition coefficient (Wildman–Crippen LogP) is 2.71. The number of amides is 2. The lowest BCUT2D eigenvalue weighted by atomic mass is 10.1. The second-order valence-corrected chi connectivity index (χ2v) is 10.3. The zero-order valence-electron chi connectivity index (χ0n) is 17.0. The molecule has 0 spiro atoms. The fraction of sp³-hybridized carbons (Fsp3) is 0.400. The molecular weight excluding hydrogens is 410 g/mol. The van der Waals surface area contributed by atoms with Crippen molar-refractivity contribution >= 4 is 33.2 Å². The molecule has 7 nitrogen and oxygen atoms in total. The predicted molar refractivity (Wildman–Crippen MR) is 114 cm³/mol. The lowest BCUT2D eigenvalue weighted by Gasteiger charge is -2.22. The first kappa shape index (κ1) is 23.1. The second-order valence-electron chi connectivity index (χ2n) is 7.71. The molecular formula is C20H27N3O4S2. The van der Waals surface area contributed by atoms with Gasteiger partial charge in [-0.1, -0.05) is 24.3 Å². The summed E-state index contributed by atoms with van der Waals surface area (Å²) in [5, 5.41) is 7.42. The van der Waals surface area contributed by atoms with Crippen LogP contribution in [0.3, 0.4) is 0 Å². The lowest BCUT2D eigenvalue weighted by molar-refractivity contribution is -0.122. The molecule has 0 bridgehead atoms. The highest BCUT2D eigenvalue weighted by atomic mass is 32.2. The molecule has 2 rings (SSSR count). The molecule has 1 unspecified atom stereocenters. The number of rotatable bonds is 8. The van der Waals surface area contributed by atoms with Gasteiger partial charge >= 0.3 is 0 Å². The van der Waals surface area contributed by atoms with Crippen molar-refractivity contribution in [1.82, 2.24) is 15.4 Å². The van der Waals surface area contributed by atoms with Crippen molar-refractivity contribution in [3.8, 4) is 0 Å². The molecule has 0 radical (unpaired) electrons. The Morgan fingerprint density at radius 2 is 1.79 bits per heavy atom. The van der Waals surface area contributed by atoms with Gasteiger partial charge in [0.1, 0.15) is 0 Å². The van der Waals surface area contributed by atoms with E-state index in [1.807, 2.05) is 17.5 Å². The third kappa shape index (κ3) is 7.26. The molecule has 1 aromatic carbocycles. The minimum atomic E-state index is -3.73. The highest BCUT2D eigenvalue weighted by Gasteiger charge is 2.24. The van der Waals surface area contributed by atoms with Gasteiger partial charge in [0.15, 0.2) is 0 Å². The molecule has 1 atom stereocenters. The van der Waals surface area contributed by atoms with E-state index in [-0.39, 0.29) is 29.7 Å². The monoisotopic (exact) mass is 437 g/mol. The van der Waals surface area contributed by atoms with Crippen molar-refractivity contribution in [3.05, 3.63) is 52.2 Å². The Morgan fingerprint density at radius 3 is 2.38 bits per heavy atom. The molecule has 2 amide bonds. The number of hydrogen-bond donors (Lipinski definition) is 3. The normalized spacial score (nSPS) is 13.0. The molecule has 0 fully saturated rings. The van der Waals surface area contributed by atoms with Crippen molar-refractivity contribution in [2.45, 2.75) is 57.1 Å². The van der Waals surface area contributed by atoms with Gasteiger partial charge in [-0.15, -0.1) is 11.3 Å². The van der Waals surface area contributed by atoms with E-state index < -0.39 is 21.6 Å². The average molecular weight is 438 g/mol. The maximum absolute atomic E-state index is 12.7. The SMILES string of the molecule is CC(=O)NC(CC(=O)NCc1ccccc1S(=O)(=O)NC(C)(C)C)c1cccs1. The Hall–Kier alpha value is -2.23. The van der Waals surface area contributed by atoms with Crippen LogP contribution in [0.2, 0.25) is 0 Å². The fourth-order valence-corrected chi connectivity index (χ4v) is 5.22. The number of hydrogen-bond acceptors (Lipinski definition) is 5. The smallest absolute Gasteiger partial charge is 0.241 e. The van der Waals surface area contributed by atoms with Gasteiger partial charge in [0.2, 0.25) is 21.8 Å². The maximum Gasteiger partial charge on any atom is 0.241 e. The first-order valence-corrected chi connectivity index (χ1v) is 11.5. The van der Waals surface area contributed by atoms with E-state index in [0.717, 1.165) is 4.88 Å². The first-order chi connectivity index (χ1) is 13.5. The molecule has 1 heterocycles. The highest BCUT2D eigenvalue weighted by molar-refractivity contribution is 7.89. The molecule has 0 saturated carbocycles. The summed E-state index contributed by atoms with van der Waals surface area (Å²) < 4.78 is 28.0. The minimum absolute atomic E-state index is 0.0647. The number of sulfonamides is 1. The van der Waals surface area contributed by atoms with Gasteiger partial charge in [-0.25, -0.2) is 13.1 Å². The number of benzene rings is 1. The highest BCUT2D eigenvalue weighted by Crippen LogP contribution is 2.22. The van der Waals surface area contributed by atoms with Crippen molar-refractivity contribution in [2.24, 2.45) is 0 Å². The molecule has 0 saturated heterocycles. The zero-order valence-corrected chi connectivity index (χ0v) is 18.6. The third-order valence-corrected chi connectivity index (χ3v) is 6.68. The van der Waals surface area contributed by atoms with Crippen LogP contribution in [0.5, 0.6) is 0 Å². The van der Waals surface area contributed by atoms with Gasteiger partial charge in [-0.3, -0.25) is 9.59 Å². The Bertz CT molecular complexity index is 948. The Labute approximate surface area is 176 Å². The maximum atomic E-state index is 12.7. The largest absolute Gasteiger partial charge is 0.352 e. The van der Waals surface area contributed by atoms with Crippen LogP contribution >= 0.6 is 11.3 Å². The van der Waals surface area contributed by atoms with Gasteiger partial charge in [0, 0.05) is 23.9 Å². The number of nitrogens with one attached hydrogen (secondary N) is 3. The summed E-state index contributed by atoms with van der Waals surface area (Å²) >= 11 is 1.46. The summed E-state index contributed by atoms with van der Waals surface area (Å²) in [6.07, 6.45) is 0.0647. The first-order valence-electron chi connectivity index (χ1n) is 9.17. The van der Waals surface area contributed by atoms with Gasteiger partial charge in [0.25, 0.3) is 0 Å². The van der Waals surface area contributed by atoms with Crippen LogP contribution in [-0.4, -0.2) is 25.8 Å². The van der Waals surface area contributed by atoms with Crippen LogP contribution in [0.15, 0.2) is 46.7 Å². The van der Waals surface area contributed by atoms with E-state index in [9.17, 15) is 18.0 Å². The Morgan fingerprint density at radius 1 is 1.10 bits per heavy atom. The van der Waals surface area contributed by atoms with E-state index in [4.69, 9.17) is 0 Å². The van der Waals surface area contributed by atoms with E-state index in [2.05, 4.69) is 15.4 Å². The summed E-state index contributed by atoms with van der Waals surface area (Å²) in [4.78, 5) is 25.0. The van der Waals surface area contributed by atoms with Gasteiger partial charge in [-0.05, 0) is 43.8 Å². The third-order valence-electron chi connectivity index (χ3n) is 3.83. The molecule has 158 valence electrons. The van der Waals surface area contributed by atoms with Gasteiger partial charge in [0.05, 0.1) is 17.4 Å². The topological polar surface area (TPSA) is 104 Å². The quantitative estimate of drug-likeness (QED) is 0.591. The Kier molecular flexibility index (Phi) is 7.56. The van der Waals surface area contributed by atoms with Crippen LogP contribution in [0.4, 0.5) is 0 Å². The van der Waals surface area contributed by atoms with Crippen molar-refractivity contribution < 1.29 is 18.0 Å². The standard InChI is InChI=1S/C20H27N3O4S2/c1-14(24)22-16(17-9-7-11-28-17)12-19(25)21-13-15-8-5-6-10-18(15)29(26,27)23-20(2,3)4/h5-11,16,23H,12-13H2,1-4H3,(H,21,25)(H,22,24). The van der Waals surface area contributed by atoms with Crippen LogP contribution < -0.4 is 15.4 Å². The molecule has 3 N–H and O–H groups in total. The summed E-state index contributed by atoms with van der Waals surface area (Å²) in [5.74, 6) is -0.506. The molecule has 0 aliphatic carbocycles. The summed E-state index contributed by atoms with van der Waals surface area (Å²) in [6.45, 7) is 6.77. The summed E-state index contributed by atoms with van der Waals surface area (Å²) in [7, 11) is -3.73. The molecule has 1 aromatic heterocycles. The van der Waals surface area contributed by atoms with E-state index in [1.54, 1.807) is 39.0 Å². The zero-order chi connectivity index (χ0) is 21.7. The Balaban J connectivity index is 2.10. The van der Waals surface area contributed by atoms with Gasteiger partial charge < -0.3 is 10.6 Å². The molecule has 29 heavy (non-hydrogen) atoms. The average Bonchev–Trinajstić information content (AvgIpc) is 3.12. The van der Waals surface area contributed by atoms with Crippen LogP contribution in [0.25, 0.3) is 0 Å². The number of carbonyl (C=O) groups excluding carboxylic acids is 2. The summed E-state index contributed by atoms with van der Waals surface area (Å²) in [6, 6.07) is 9.85. The van der Waals surface area contributed by atoms with E-state index in [1.165, 1.54) is 24.3 Å². The fourth-order valence-electron chi connectivity index (χ4n) is 2.78. The second kappa shape index (κ2) is 9.51. The minimum Gasteiger partial charge on any atom is -0.352 e. The molecule has 9 heteroatoms. The van der Waals surface area contributed by atoms with Crippen molar-refractivity contribution in [2.75, 3.05) is 0 Å². The van der Waals surface area contributed by atoms with Crippen molar-refractivity contribution in [3.63, 3.8) is 0 Å². The molecule has 0 aliphatic rings. The van der Waals surface area contributed by atoms with E-state index in [0.29, 0.717) is 5.56 Å². The lowest BCUT2D eigenvalue weighted by Crippen LogP contribution is -2.41. The molecule has 2 aromatic rings. The van der Waals surface area contributed by atoms with Crippen LogP contribution in [0, 0.1) is 0 Å². The van der Waals surface area contributed by atoms with E-state index >= 15 is 0 Å². The van der Waals surface area contributed by atoms with Crippen molar-refractivity contribution in [1.29, 1.82) is 0 Å². The molecule has 0 aliphatic heterocycles.